The summed E-state index contributed by atoms with van der Waals surface area (Å²) in [6.07, 6.45) is 3.35. The summed E-state index contributed by atoms with van der Waals surface area (Å²) in [4.78, 5) is 15.8. The molecule has 0 radical (unpaired) electrons. The van der Waals surface area contributed by atoms with Crippen molar-refractivity contribution >= 4 is 34.7 Å². The maximum absolute atomic E-state index is 13.5. The highest BCUT2D eigenvalue weighted by Gasteiger charge is 2.18. The topological polar surface area (TPSA) is 71.5 Å². The zero-order valence-electron chi connectivity index (χ0n) is 18.7. The van der Waals surface area contributed by atoms with Crippen LogP contribution in [0.5, 0.6) is 5.75 Å². The van der Waals surface area contributed by atoms with Crippen molar-refractivity contribution in [3.63, 3.8) is 0 Å². The lowest BCUT2D eigenvalue weighted by atomic mass is 10.1. The summed E-state index contributed by atoms with van der Waals surface area (Å²) < 4.78 is 19.2. The molecule has 0 aliphatic rings. The quantitative estimate of drug-likeness (QED) is 0.305. The molecule has 1 heterocycles. The molecular weight excluding hydrogens is 431 g/mol. The van der Waals surface area contributed by atoms with Crippen LogP contribution in [0.4, 0.5) is 10.1 Å². The second-order valence-corrected chi connectivity index (χ2v) is 7.85. The highest BCUT2D eigenvalue weighted by atomic mass is 19.1. The van der Waals surface area contributed by atoms with Crippen molar-refractivity contribution in [1.82, 2.24) is 4.98 Å². The smallest absolute Gasteiger partial charge is 0.344 e. The van der Waals surface area contributed by atoms with Gasteiger partial charge in [0.05, 0.1) is 11.2 Å². The number of hydrogen-bond acceptors (Lipinski definition) is 4. The van der Waals surface area contributed by atoms with Gasteiger partial charge in [-0.2, -0.15) is 0 Å². The molecule has 0 amide bonds. The molecule has 1 atom stereocenters. The molecule has 0 saturated heterocycles. The fraction of sp³-hybridized carbons (Fsp3) is 0.143. The molecule has 1 aromatic heterocycles. The zero-order valence-corrected chi connectivity index (χ0v) is 18.7. The normalized spacial score (nSPS) is 12.1. The number of hydrogen-bond donors (Lipinski definition) is 2. The molecule has 0 aliphatic carbocycles. The number of aromatic nitrogens is 1. The van der Waals surface area contributed by atoms with Gasteiger partial charge in [-0.3, -0.25) is 0 Å². The molecule has 4 aromatic rings. The van der Waals surface area contributed by atoms with Crippen LogP contribution < -0.4 is 10.1 Å². The maximum Gasteiger partial charge on any atom is 0.344 e. The summed E-state index contributed by atoms with van der Waals surface area (Å²) >= 11 is 0. The van der Waals surface area contributed by atoms with Crippen molar-refractivity contribution in [3.05, 3.63) is 102 Å². The van der Waals surface area contributed by atoms with Crippen LogP contribution in [0.3, 0.4) is 0 Å². The van der Waals surface area contributed by atoms with E-state index >= 15 is 0 Å². The lowest BCUT2D eigenvalue weighted by Gasteiger charge is -2.17. The van der Waals surface area contributed by atoms with Crippen molar-refractivity contribution in [3.8, 4) is 5.75 Å². The molecule has 0 aliphatic heterocycles. The van der Waals surface area contributed by atoms with Crippen LogP contribution in [-0.2, 0) is 11.3 Å². The molecule has 0 saturated carbocycles. The first-order chi connectivity index (χ1) is 16.5. The number of aliphatic carboxylic acids is 1. The van der Waals surface area contributed by atoms with Gasteiger partial charge in [-0.05, 0) is 54.5 Å². The molecule has 5 nitrogen and oxygen atoms in total. The number of para-hydroxylation sites is 1. The van der Waals surface area contributed by atoms with Crippen molar-refractivity contribution in [2.75, 3.05) is 5.32 Å². The van der Waals surface area contributed by atoms with Gasteiger partial charge in [-0.25, -0.2) is 14.2 Å². The molecule has 0 bridgehead atoms. The number of nitrogens with one attached hydrogen (secondary N) is 1. The van der Waals surface area contributed by atoms with Crippen LogP contribution in [-0.4, -0.2) is 22.2 Å². The molecule has 0 spiro atoms. The molecule has 172 valence electrons. The Balaban J connectivity index is 1.45. The number of rotatable bonds is 9. The van der Waals surface area contributed by atoms with Crippen molar-refractivity contribution in [2.24, 2.45) is 0 Å². The van der Waals surface area contributed by atoms with E-state index in [4.69, 9.17) is 4.74 Å². The number of ether oxygens (including phenoxy) is 1. The Morgan fingerprint density at radius 3 is 2.71 bits per heavy atom. The first kappa shape index (κ1) is 23.0. The summed E-state index contributed by atoms with van der Waals surface area (Å²) in [7, 11) is 0. The Morgan fingerprint density at radius 2 is 1.88 bits per heavy atom. The van der Waals surface area contributed by atoms with Gasteiger partial charge in [0, 0.05) is 29.2 Å². The third-order valence-corrected chi connectivity index (χ3v) is 5.38. The fourth-order valence-electron chi connectivity index (χ4n) is 3.56. The van der Waals surface area contributed by atoms with Crippen LogP contribution >= 0.6 is 0 Å². The number of carboxylic acid groups (broad SMARTS) is 1. The van der Waals surface area contributed by atoms with E-state index in [2.05, 4.69) is 10.3 Å². The van der Waals surface area contributed by atoms with Gasteiger partial charge in [0.25, 0.3) is 0 Å². The number of anilines is 1. The van der Waals surface area contributed by atoms with Crippen molar-refractivity contribution < 1.29 is 19.0 Å². The Morgan fingerprint density at radius 1 is 1.06 bits per heavy atom. The molecule has 6 heteroatoms. The average Bonchev–Trinajstić information content (AvgIpc) is 2.85. The Labute approximate surface area is 197 Å². The van der Waals surface area contributed by atoms with Crippen LogP contribution in [0, 0.1) is 5.82 Å². The second kappa shape index (κ2) is 10.6. The van der Waals surface area contributed by atoms with E-state index in [-0.39, 0.29) is 5.82 Å². The minimum absolute atomic E-state index is 0.306. The molecule has 3 aromatic carbocycles. The minimum Gasteiger partial charge on any atom is -0.479 e. The summed E-state index contributed by atoms with van der Waals surface area (Å²) in [5.41, 5.74) is 4.12. The molecular formula is C28H25FN2O3. The van der Waals surface area contributed by atoms with Crippen LogP contribution in [0.15, 0.2) is 78.9 Å². The van der Waals surface area contributed by atoms with Gasteiger partial charge in [0.15, 0.2) is 6.10 Å². The molecule has 34 heavy (non-hydrogen) atoms. The summed E-state index contributed by atoms with van der Waals surface area (Å²) in [6.45, 7) is 2.27. The van der Waals surface area contributed by atoms with Gasteiger partial charge in [-0.15, -0.1) is 0 Å². The monoisotopic (exact) mass is 456 g/mol. The SMILES string of the molecule is CCC(Oc1ccccc1CNc1cccc(/C=C/c2ccc3ccc(F)cc3n2)c1)C(=O)O. The zero-order chi connectivity index (χ0) is 23.9. The first-order valence-electron chi connectivity index (χ1n) is 11.1. The van der Waals surface area contributed by atoms with Gasteiger partial charge in [-0.1, -0.05) is 49.4 Å². The van der Waals surface area contributed by atoms with Crippen LogP contribution in [0.1, 0.15) is 30.2 Å². The van der Waals surface area contributed by atoms with E-state index in [1.165, 1.54) is 12.1 Å². The predicted molar refractivity (Wildman–Crippen MR) is 133 cm³/mol. The Bertz CT molecular complexity index is 1340. The lowest BCUT2D eigenvalue weighted by molar-refractivity contribution is -0.145. The van der Waals surface area contributed by atoms with Gasteiger partial charge < -0.3 is 15.2 Å². The van der Waals surface area contributed by atoms with Gasteiger partial charge >= 0.3 is 5.97 Å². The first-order valence-corrected chi connectivity index (χ1v) is 11.1. The number of fused-ring (bicyclic) bond motifs is 1. The number of pyridine rings is 1. The van der Waals surface area contributed by atoms with E-state index in [0.717, 1.165) is 27.9 Å². The maximum atomic E-state index is 13.5. The van der Waals surface area contributed by atoms with Gasteiger partial charge in [0.2, 0.25) is 0 Å². The molecule has 2 N–H and O–H groups in total. The highest BCUT2D eigenvalue weighted by molar-refractivity contribution is 5.81. The van der Waals surface area contributed by atoms with E-state index in [1.54, 1.807) is 19.1 Å². The summed E-state index contributed by atoms with van der Waals surface area (Å²) in [5.74, 6) is -0.727. The van der Waals surface area contributed by atoms with Crippen LogP contribution in [0.25, 0.3) is 23.1 Å². The predicted octanol–water partition coefficient (Wildman–Crippen LogP) is 6.40. The molecule has 4 rings (SSSR count). The fourth-order valence-corrected chi connectivity index (χ4v) is 3.56. The minimum atomic E-state index is -0.976. The third kappa shape index (κ3) is 5.78. The number of carbonyl (C=O) groups is 1. The number of nitrogens with zero attached hydrogens (tertiary/aromatic N) is 1. The largest absolute Gasteiger partial charge is 0.479 e. The number of carboxylic acids is 1. The molecule has 0 fully saturated rings. The van der Waals surface area contributed by atoms with E-state index < -0.39 is 12.1 Å². The third-order valence-electron chi connectivity index (χ3n) is 5.38. The van der Waals surface area contributed by atoms with E-state index in [1.807, 2.05) is 66.7 Å². The van der Waals surface area contributed by atoms with E-state index in [9.17, 15) is 14.3 Å². The summed E-state index contributed by atoms with van der Waals surface area (Å²) in [6, 6.07) is 23.7. The lowest BCUT2D eigenvalue weighted by Crippen LogP contribution is -2.26. The van der Waals surface area contributed by atoms with E-state index in [0.29, 0.717) is 24.2 Å². The summed E-state index contributed by atoms with van der Waals surface area (Å²) in [5, 5.41) is 13.6. The average molecular weight is 457 g/mol. The second-order valence-electron chi connectivity index (χ2n) is 7.85. The van der Waals surface area contributed by atoms with Crippen LogP contribution in [0.2, 0.25) is 0 Å². The number of benzene rings is 3. The molecule has 1 unspecified atom stereocenters. The Hall–Kier alpha value is -4.19. The highest BCUT2D eigenvalue weighted by Crippen LogP contribution is 2.23. The standard InChI is InChI=1S/C28H25FN2O3/c1-2-26(28(32)33)34-27-9-4-3-7-21(27)18-30-24-8-5-6-19(16-24)10-14-23-15-12-20-11-13-22(29)17-25(20)31-23/h3-17,26,30H,2,18H2,1H3,(H,32,33)/b14-10+. The van der Waals surface area contributed by atoms with Gasteiger partial charge in [0.1, 0.15) is 11.6 Å². The number of halogens is 1. The van der Waals surface area contributed by atoms with Crippen molar-refractivity contribution in [2.45, 2.75) is 26.0 Å². The Kier molecular flexibility index (Phi) is 7.18. The van der Waals surface area contributed by atoms with Crippen molar-refractivity contribution in [1.29, 1.82) is 0 Å².